The number of fused-ring (bicyclic) bond motifs is 1. The summed E-state index contributed by atoms with van der Waals surface area (Å²) in [6.45, 7) is 6.59. The first-order valence-electron chi connectivity index (χ1n) is 13.0. The SMILES string of the molecule is Cc1nc(N[C@H](C)c2cccc(C(F)F)c2F)c2cc(OC3CCOC3)c(OCC3CCOCC3)cc2n1. The number of nitrogens with one attached hydrogen (secondary N) is 1. The van der Waals surface area contributed by atoms with E-state index in [1.807, 2.05) is 12.1 Å². The minimum Gasteiger partial charge on any atom is -0.489 e. The predicted octanol–water partition coefficient (Wildman–Crippen LogP) is 6.16. The molecule has 2 fully saturated rings. The smallest absolute Gasteiger partial charge is 0.266 e. The van der Waals surface area contributed by atoms with Gasteiger partial charge in [-0.15, -0.1) is 0 Å². The number of nitrogens with zero attached hydrogens (tertiary/aromatic N) is 2. The average Bonchev–Trinajstić information content (AvgIpc) is 3.41. The number of hydrogen-bond donors (Lipinski definition) is 1. The summed E-state index contributed by atoms with van der Waals surface area (Å²) < 4.78 is 64.9. The molecule has 0 radical (unpaired) electrons. The number of halogens is 3. The molecule has 2 aliphatic rings. The standard InChI is InChI=1S/C28H32F3N3O4/c1-16(20-4-3-5-21(26(20)29)27(30)31)32-28-22-12-25(38-19-8-11-36-15-19)24(13-23(22)33-17(2)34-28)37-14-18-6-9-35-10-7-18/h3-5,12-13,16,18-19,27H,6-11,14-15H2,1-2H3,(H,32,33,34)/t16-,19?/m1/s1. The lowest BCUT2D eigenvalue weighted by Crippen LogP contribution is -2.22. The van der Waals surface area contributed by atoms with Crippen molar-refractivity contribution in [2.45, 2.75) is 51.7 Å². The lowest BCUT2D eigenvalue weighted by Gasteiger charge is -2.24. The maximum absolute atomic E-state index is 14.8. The average molecular weight is 532 g/mol. The van der Waals surface area contributed by atoms with Crippen molar-refractivity contribution in [1.29, 1.82) is 0 Å². The Morgan fingerprint density at radius 3 is 2.53 bits per heavy atom. The Kier molecular flexibility index (Phi) is 8.18. The van der Waals surface area contributed by atoms with Gasteiger partial charge in [0.25, 0.3) is 6.43 Å². The van der Waals surface area contributed by atoms with Crippen LogP contribution < -0.4 is 14.8 Å². The number of anilines is 1. The molecule has 3 heterocycles. The third kappa shape index (κ3) is 5.96. The first kappa shape index (κ1) is 26.5. The molecule has 38 heavy (non-hydrogen) atoms. The monoisotopic (exact) mass is 531 g/mol. The third-order valence-corrected chi connectivity index (χ3v) is 6.98. The van der Waals surface area contributed by atoms with Crippen molar-refractivity contribution in [2.75, 3.05) is 38.4 Å². The highest BCUT2D eigenvalue weighted by molar-refractivity contribution is 5.92. The summed E-state index contributed by atoms with van der Waals surface area (Å²) in [5, 5.41) is 3.86. The fourth-order valence-corrected chi connectivity index (χ4v) is 4.83. The number of aryl methyl sites for hydroxylation is 1. The molecular weight excluding hydrogens is 499 g/mol. The highest BCUT2D eigenvalue weighted by Crippen LogP contribution is 2.38. The second kappa shape index (κ2) is 11.7. The second-order valence-electron chi connectivity index (χ2n) is 9.82. The fourth-order valence-electron chi connectivity index (χ4n) is 4.83. The molecule has 0 saturated carbocycles. The van der Waals surface area contributed by atoms with Crippen LogP contribution in [0, 0.1) is 18.7 Å². The Morgan fingerprint density at radius 1 is 1.03 bits per heavy atom. The first-order valence-corrected chi connectivity index (χ1v) is 13.0. The maximum Gasteiger partial charge on any atom is 0.266 e. The Hall–Kier alpha value is -3.11. The van der Waals surface area contributed by atoms with Crippen LogP contribution in [0.2, 0.25) is 0 Å². The van der Waals surface area contributed by atoms with Gasteiger partial charge in [0.1, 0.15) is 23.6 Å². The number of aromatic nitrogens is 2. The van der Waals surface area contributed by atoms with Crippen molar-refractivity contribution < 1.29 is 32.1 Å². The van der Waals surface area contributed by atoms with Crippen molar-refractivity contribution in [1.82, 2.24) is 9.97 Å². The van der Waals surface area contributed by atoms with Crippen molar-refractivity contribution in [3.63, 3.8) is 0 Å². The van der Waals surface area contributed by atoms with E-state index < -0.39 is 23.8 Å². The minimum atomic E-state index is -2.90. The summed E-state index contributed by atoms with van der Waals surface area (Å²) in [4.78, 5) is 9.14. The van der Waals surface area contributed by atoms with Gasteiger partial charge in [-0.2, -0.15) is 0 Å². The molecule has 0 bridgehead atoms. The van der Waals surface area contributed by atoms with Gasteiger partial charge >= 0.3 is 0 Å². The highest BCUT2D eigenvalue weighted by atomic mass is 19.3. The van der Waals surface area contributed by atoms with Crippen LogP contribution >= 0.6 is 0 Å². The molecule has 1 unspecified atom stereocenters. The predicted molar refractivity (Wildman–Crippen MR) is 137 cm³/mol. The Morgan fingerprint density at radius 2 is 1.79 bits per heavy atom. The molecular formula is C28H32F3N3O4. The summed E-state index contributed by atoms with van der Waals surface area (Å²) in [6.07, 6.45) is -0.356. The molecule has 5 rings (SSSR count). The van der Waals surface area contributed by atoms with Gasteiger partial charge in [-0.25, -0.2) is 23.1 Å². The zero-order chi connectivity index (χ0) is 26.6. The van der Waals surface area contributed by atoms with Crippen LogP contribution in [0.4, 0.5) is 19.0 Å². The van der Waals surface area contributed by atoms with Crippen LogP contribution in [-0.4, -0.2) is 49.1 Å². The van der Waals surface area contributed by atoms with Crippen LogP contribution in [0.5, 0.6) is 11.5 Å². The van der Waals surface area contributed by atoms with Crippen molar-refractivity contribution >= 4 is 16.7 Å². The lowest BCUT2D eigenvalue weighted by atomic mass is 10.0. The van der Waals surface area contributed by atoms with Gasteiger partial charge in [-0.05, 0) is 38.7 Å². The van der Waals surface area contributed by atoms with Gasteiger partial charge in [0.05, 0.1) is 36.9 Å². The highest BCUT2D eigenvalue weighted by Gasteiger charge is 2.24. The molecule has 7 nitrogen and oxygen atoms in total. The molecule has 1 aromatic heterocycles. The molecule has 1 N–H and O–H groups in total. The summed E-state index contributed by atoms with van der Waals surface area (Å²) >= 11 is 0. The minimum absolute atomic E-state index is 0.106. The molecule has 10 heteroatoms. The van der Waals surface area contributed by atoms with Crippen LogP contribution in [0.25, 0.3) is 10.9 Å². The van der Waals surface area contributed by atoms with E-state index in [0.29, 0.717) is 59.8 Å². The quantitative estimate of drug-likeness (QED) is 0.354. The molecule has 2 atom stereocenters. The Balaban J connectivity index is 1.47. The molecule has 2 aliphatic heterocycles. The van der Waals surface area contributed by atoms with Crippen LogP contribution in [-0.2, 0) is 9.47 Å². The van der Waals surface area contributed by atoms with E-state index in [4.69, 9.17) is 18.9 Å². The topological polar surface area (TPSA) is 74.7 Å². The van der Waals surface area contributed by atoms with Gasteiger partial charge in [0.15, 0.2) is 11.5 Å². The summed E-state index contributed by atoms with van der Waals surface area (Å²) in [7, 11) is 0. The van der Waals surface area contributed by atoms with Gasteiger partial charge in [0, 0.05) is 36.7 Å². The van der Waals surface area contributed by atoms with Gasteiger partial charge in [-0.1, -0.05) is 18.2 Å². The van der Waals surface area contributed by atoms with E-state index in [1.165, 1.54) is 12.1 Å². The second-order valence-corrected chi connectivity index (χ2v) is 9.82. The molecule has 0 spiro atoms. The zero-order valence-electron chi connectivity index (χ0n) is 21.5. The molecule has 0 aliphatic carbocycles. The first-order chi connectivity index (χ1) is 18.4. The normalized spacial score (nSPS) is 19.2. The molecule has 0 amide bonds. The van der Waals surface area contributed by atoms with Gasteiger partial charge in [0.2, 0.25) is 0 Å². The molecule has 204 valence electrons. The number of alkyl halides is 2. The largest absolute Gasteiger partial charge is 0.489 e. The van der Waals surface area contributed by atoms with Gasteiger partial charge < -0.3 is 24.3 Å². The van der Waals surface area contributed by atoms with E-state index in [-0.39, 0.29) is 11.7 Å². The number of ether oxygens (including phenoxy) is 4. The zero-order valence-corrected chi connectivity index (χ0v) is 21.5. The summed E-state index contributed by atoms with van der Waals surface area (Å²) in [5.74, 6) is 1.56. The van der Waals surface area contributed by atoms with E-state index in [2.05, 4.69) is 15.3 Å². The van der Waals surface area contributed by atoms with Crippen molar-refractivity contribution in [2.24, 2.45) is 5.92 Å². The number of rotatable bonds is 9. The Bertz CT molecular complexity index is 1260. The van der Waals surface area contributed by atoms with Crippen LogP contribution in [0.3, 0.4) is 0 Å². The maximum atomic E-state index is 14.8. The third-order valence-electron chi connectivity index (χ3n) is 6.98. The number of benzene rings is 2. The van der Waals surface area contributed by atoms with E-state index >= 15 is 0 Å². The van der Waals surface area contributed by atoms with Crippen molar-refractivity contribution in [3.8, 4) is 11.5 Å². The summed E-state index contributed by atoms with van der Waals surface area (Å²) in [5.41, 5.74) is 0.134. The molecule has 3 aromatic rings. The van der Waals surface area contributed by atoms with Crippen molar-refractivity contribution in [3.05, 3.63) is 53.1 Å². The van der Waals surface area contributed by atoms with E-state index in [9.17, 15) is 13.2 Å². The molecule has 2 saturated heterocycles. The van der Waals surface area contributed by atoms with E-state index in [0.717, 1.165) is 38.5 Å². The van der Waals surface area contributed by atoms with Crippen LogP contribution in [0.15, 0.2) is 30.3 Å². The molecule has 2 aromatic carbocycles. The lowest BCUT2D eigenvalue weighted by molar-refractivity contribution is 0.0488. The summed E-state index contributed by atoms with van der Waals surface area (Å²) in [6, 6.07) is 7.04. The van der Waals surface area contributed by atoms with Crippen LogP contribution in [0.1, 0.15) is 55.6 Å². The van der Waals surface area contributed by atoms with Gasteiger partial charge in [-0.3, -0.25) is 0 Å². The number of hydrogen-bond acceptors (Lipinski definition) is 7. The van der Waals surface area contributed by atoms with E-state index in [1.54, 1.807) is 13.8 Å². The fraction of sp³-hybridized carbons (Fsp3) is 0.500. The Labute approximate surface area is 219 Å².